The van der Waals surface area contributed by atoms with Gasteiger partial charge >= 0.3 is 12.0 Å². The highest BCUT2D eigenvalue weighted by atomic mass is 16.6. The maximum absolute atomic E-state index is 11.5. The van der Waals surface area contributed by atoms with E-state index in [-0.39, 0.29) is 12.3 Å². The molecule has 8 heteroatoms. The third-order valence-corrected chi connectivity index (χ3v) is 2.79. The van der Waals surface area contributed by atoms with Crippen molar-refractivity contribution in [2.45, 2.75) is 0 Å². The number of amides is 3. The van der Waals surface area contributed by atoms with Crippen molar-refractivity contribution in [3.8, 4) is 11.5 Å². The Labute approximate surface area is 126 Å². The fraction of sp³-hybridized carbons (Fsp3) is 0.214. The number of ether oxygens (including phenoxy) is 3. The van der Waals surface area contributed by atoms with Crippen LogP contribution in [0.3, 0.4) is 0 Å². The molecule has 2 rings (SSSR count). The number of benzene rings is 1. The minimum absolute atomic E-state index is 0.135. The van der Waals surface area contributed by atoms with Crippen molar-refractivity contribution in [1.82, 2.24) is 10.6 Å². The van der Waals surface area contributed by atoms with Gasteiger partial charge in [0, 0.05) is 0 Å². The number of urea groups is 1. The largest absolute Gasteiger partial charge is 0.493 e. The number of nitrogens with one attached hydrogen (secondary N) is 2. The van der Waals surface area contributed by atoms with Gasteiger partial charge in [0.05, 0.1) is 14.2 Å². The Hall–Kier alpha value is -3.03. The van der Waals surface area contributed by atoms with Gasteiger partial charge in [0.1, 0.15) is 5.70 Å². The van der Waals surface area contributed by atoms with Gasteiger partial charge in [0.15, 0.2) is 18.1 Å². The van der Waals surface area contributed by atoms with Crippen molar-refractivity contribution in [2.75, 3.05) is 20.8 Å². The Bertz CT molecular complexity index is 653. The summed E-state index contributed by atoms with van der Waals surface area (Å²) in [6.45, 7) is -0.244. The van der Waals surface area contributed by atoms with Crippen LogP contribution in [-0.4, -0.2) is 38.7 Å². The smallest absolute Gasteiger partial charge is 0.343 e. The molecule has 0 saturated carbocycles. The molecule has 0 radical (unpaired) electrons. The molecule has 0 bridgehead atoms. The van der Waals surface area contributed by atoms with Crippen LogP contribution in [-0.2, 0) is 14.3 Å². The van der Waals surface area contributed by atoms with E-state index in [4.69, 9.17) is 9.47 Å². The first-order chi connectivity index (χ1) is 10.5. The van der Waals surface area contributed by atoms with Gasteiger partial charge in [-0.05, 0) is 23.8 Å². The summed E-state index contributed by atoms with van der Waals surface area (Å²) >= 11 is 0. The van der Waals surface area contributed by atoms with Crippen molar-refractivity contribution in [2.24, 2.45) is 0 Å². The van der Waals surface area contributed by atoms with E-state index in [9.17, 15) is 14.4 Å². The predicted octanol–water partition coefficient (Wildman–Crippen LogP) is 0.427. The first kappa shape index (κ1) is 15.4. The maximum atomic E-state index is 11.5. The van der Waals surface area contributed by atoms with E-state index in [1.54, 1.807) is 18.2 Å². The lowest BCUT2D eigenvalue weighted by Gasteiger charge is -2.10. The van der Waals surface area contributed by atoms with Crippen LogP contribution >= 0.6 is 0 Å². The molecule has 1 aromatic carbocycles. The molecule has 1 fully saturated rings. The summed E-state index contributed by atoms with van der Waals surface area (Å²) < 4.78 is 14.9. The number of hydrogen-bond acceptors (Lipinski definition) is 6. The minimum atomic E-state index is -0.568. The second-order valence-electron chi connectivity index (χ2n) is 4.24. The van der Waals surface area contributed by atoms with Gasteiger partial charge in [0.2, 0.25) is 0 Å². The average Bonchev–Trinajstić information content (AvgIpc) is 2.83. The van der Waals surface area contributed by atoms with Gasteiger partial charge in [-0.2, -0.15) is 0 Å². The summed E-state index contributed by atoms with van der Waals surface area (Å²) in [4.78, 5) is 33.6. The molecule has 22 heavy (non-hydrogen) atoms. The number of carbonyl (C=O) groups excluding carboxylic acids is 3. The summed E-state index contributed by atoms with van der Waals surface area (Å²) in [5, 5.41) is 4.48. The lowest BCUT2D eigenvalue weighted by Crippen LogP contribution is -2.22. The maximum Gasteiger partial charge on any atom is 0.343 e. The van der Waals surface area contributed by atoms with Gasteiger partial charge in [0.25, 0.3) is 5.91 Å². The monoisotopic (exact) mass is 306 g/mol. The van der Waals surface area contributed by atoms with Crippen LogP contribution < -0.4 is 20.1 Å². The third-order valence-electron chi connectivity index (χ3n) is 2.79. The van der Waals surface area contributed by atoms with E-state index >= 15 is 0 Å². The first-order valence-electron chi connectivity index (χ1n) is 6.25. The Morgan fingerprint density at radius 1 is 1.18 bits per heavy atom. The van der Waals surface area contributed by atoms with E-state index < -0.39 is 17.9 Å². The minimum Gasteiger partial charge on any atom is -0.493 e. The second kappa shape index (κ2) is 6.61. The average molecular weight is 306 g/mol. The first-order valence-corrected chi connectivity index (χ1v) is 6.25. The molecule has 0 aromatic heterocycles. The summed E-state index contributed by atoms with van der Waals surface area (Å²) in [7, 11) is 2.71. The summed E-state index contributed by atoms with van der Waals surface area (Å²) in [5.41, 5.74) is 0.755. The van der Waals surface area contributed by atoms with E-state index in [1.165, 1.54) is 20.3 Å². The van der Waals surface area contributed by atoms with Gasteiger partial charge < -0.3 is 19.5 Å². The van der Waals surface area contributed by atoms with Crippen LogP contribution in [0.25, 0.3) is 6.08 Å². The van der Waals surface area contributed by atoms with Gasteiger partial charge in [-0.15, -0.1) is 0 Å². The normalized spacial score (nSPS) is 15.3. The standard InChI is InChI=1S/C14H14N2O6/c1-20-11-6-8(5-9-13(18)16-14(19)15-9)3-4-10(11)22-7-12(17)21-2/h3-6H,7H2,1-2H3,(H2,15,16,18,19)/b9-5-. The van der Waals surface area contributed by atoms with Crippen molar-refractivity contribution in [1.29, 1.82) is 0 Å². The fourth-order valence-corrected chi connectivity index (χ4v) is 1.74. The lowest BCUT2D eigenvalue weighted by molar-refractivity contribution is -0.142. The van der Waals surface area contributed by atoms with Gasteiger partial charge in [-0.25, -0.2) is 9.59 Å². The molecule has 0 spiro atoms. The summed E-state index contributed by atoms with van der Waals surface area (Å²) in [6.07, 6.45) is 1.49. The van der Waals surface area contributed by atoms with Crippen LogP contribution in [0.5, 0.6) is 11.5 Å². The van der Waals surface area contributed by atoms with Crippen LogP contribution in [0.15, 0.2) is 23.9 Å². The molecule has 1 aliphatic rings. The number of imide groups is 1. The van der Waals surface area contributed by atoms with Crippen LogP contribution in [0.2, 0.25) is 0 Å². The molecule has 116 valence electrons. The van der Waals surface area contributed by atoms with Crippen molar-refractivity contribution < 1.29 is 28.6 Å². The molecule has 8 nitrogen and oxygen atoms in total. The van der Waals surface area contributed by atoms with Crippen LogP contribution in [0, 0.1) is 0 Å². The van der Waals surface area contributed by atoms with Crippen LogP contribution in [0.1, 0.15) is 5.56 Å². The highest BCUT2D eigenvalue weighted by molar-refractivity contribution is 6.14. The van der Waals surface area contributed by atoms with Crippen molar-refractivity contribution >= 4 is 24.0 Å². The lowest BCUT2D eigenvalue weighted by atomic mass is 10.1. The third kappa shape index (κ3) is 3.54. The predicted molar refractivity (Wildman–Crippen MR) is 75.2 cm³/mol. The molecule has 1 aliphatic heterocycles. The highest BCUT2D eigenvalue weighted by Crippen LogP contribution is 2.29. The van der Waals surface area contributed by atoms with Crippen molar-refractivity contribution in [3.05, 3.63) is 29.5 Å². The van der Waals surface area contributed by atoms with Gasteiger partial charge in [-0.3, -0.25) is 10.1 Å². The zero-order valence-electron chi connectivity index (χ0n) is 12.0. The number of rotatable bonds is 5. The Balaban J connectivity index is 2.18. The van der Waals surface area contributed by atoms with E-state index in [2.05, 4.69) is 15.4 Å². The molecule has 3 amide bonds. The topological polar surface area (TPSA) is 103 Å². The number of hydrogen-bond donors (Lipinski definition) is 2. The number of methoxy groups -OCH3 is 2. The Morgan fingerprint density at radius 3 is 2.55 bits per heavy atom. The number of esters is 1. The Morgan fingerprint density at radius 2 is 1.95 bits per heavy atom. The highest BCUT2D eigenvalue weighted by Gasteiger charge is 2.22. The molecule has 0 unspecified atom stereocenters. The molecule has 0 aliphatic carbocycles. The zero-order chi connectivity index (χ0) is 16.1. The van der Waals surface area contributed by atoms with E-state index in [1.807, 2.05) is 0 Å². The Kier molecular flexibility index (Phi) is 4.62. The van der Waals surface area contributed by atoms with E-state index in [0.717, 1.165) is 0 Å². The van der Waals surface area contributed by atoms with Crippen molar-refractivity contribution in [3.63, 3.8) is 0 Å². The fourth-order valence-electron chi connectivity index (χ4n) is 1.74. The van der Waals surface area contributed by atoms with Gasteiger partial charge in [-0.1, -0.05) is 6.07 Å². The molecule has 1 aromatic rings. The SMILES string of the molecule is COC(=O)COc1ccc(/C=C2\NC(=O)NC2=O)cc1OC. The second-order valence-corrected chi connectivity index (χ2v) is 4.24. The summed E-state index contributed by atoms with van der Waals surface area (Å²) in [5.74, 6) is -0.286. The van der Waals surface area contributed by atoms with E-state index in [0.29, 0.717) is 17.1 Å². The molecule has 2 N–H and O–H groups in total. The molecular formula is C14H14N2O6. The molecule has 1 heterocycles. The molecular weight excluding hydrogens is 292 g/mol. The quantitative estimate of drug-likeness (QED) is 0.464. The molecule has 0 atom stereocenters. The number of carbonyl (C=O) groups is 3. The van der Waals surface area contributed by atoms with Crippen LogP contribution in [0.4, 0.5) is 4.79 Å². The summed E-state index contributed by atoms with van der Waals surface area (Å²) in [6, 6.07) is 4.28. The molecule has 1 saturated heterocycles. The zero-order valence-corrected chi connectivity index (χ0v) is 12.0.